The van der Waals surface area contributed by atoms with Crippen molar-refractivity contribution in [1.29, 1.82) is 0 Å². The lowest BCUT2D eigenvalue weighted by Crippen LogP contribution is -1.93. The smallest absolute Gasteiger partial charge is 0.322 e. The fraction of sp³-hybridized carbons (Fsp3) is 0.0909. The van der Waals surface area contributed by atoms with Gasteiger partial charge in [-0.2, -0.15) is 0 Å². The number of aryl methyl sites for hydroxylation is 1. The highest BCUT2D eigenvalue weighted by molar-refractivity contribution is 9.10. The SMILES string of the molecule is Cc1ccnc(Oc2ccc(F)cc2Br)n1. The Morgan fingerprint density at radius 1 is 1.31 bits per heavy atom. The van der Waals surface area contributed by atoms with E-state index >= 15 is 0 Å². The molecule has 0 aliphatic rings. The van der Waals surface area contributed by atoms with Crippen molar-refractivity contribution >= 4 is 15.9 Å². The van der Waals surface area contributed by atoms with Gasteiger partial charge in [0.05, 0.1) is 4.47 Å². The summed E-state index contributed by atoms with van der Waals surface area (Å²) in [6.07, 6.45) is 1.61. The van der Waals surface area contributed by atoms with Crippen LogP contribution in [0.15, 0.2) is 34.9 Å². The van der Waals surface area contributed by atoms with Gasteiger partial charge in [-0.25, -0.2) is 14.4 Å². The molecule has 0 saturated carbocycles. The lowest BCUT2D eigenvalue weighted by molar-refractivity contribution is 0.436. The van der Waals surface area contributed by atoms with Crippen molar-refractivity contribution in [1.82, 2.24) is 9.97 Å². The van der Waals surface area contributed by atoms with E-state index in [1.54, 1.807) is 12.3 Å². The van der Waals surface area contributed by atoms with Crippen LogP contribution in [0.3, 0.4) is 0 Å². The zero-order chi connectivity index (χ0) is 11.5. The lowest BCUT2D eigenvalue weighted by atomic mass is 10.3. The first kappa shape index (κ1) is 11.0. The molecule has 0 aliphatic heterocycles. The highest BCUT2D eigenvalue weighted by Gasteiger charge is 2.05. The third-order valence-corrected chi connectivity index (χ3v) is 2.49. The molecule has 5 heteroatoms. The Bertz CT molecular complexity index is 519. The molecule has 0 N–H and O–H groups in total. The van der Waals surface area contributed by atoms with Crippen LogP contribution in [-0.4, -0.2) is 9.97 Å². The number of rotatable bonds is 2. The molecule has 0 aliphatic carbocycles. The van der Waals surface area contributed by atoms with Crippen molar-refractivity contribution in [3.63, 3.8) is 0 Å². The van der Waals surface area contributed by atoms with Gasteiger partial charge in [0.2, 0.25) is 0 Å². The van der Waals surface area contributed by atoms with Crippen LogP contribution in [0.2, 0.25) is 0 Å². The quantitative estimate of drug-likeness (QED) is 0.846. The molecule has 82 valence electrons. The summed E-state index contributed by atoms with van der Waals surface area (Å²) in [6.45, 7) is 1.84. The summed E-state index contributed by atoms with van der Waals surface area (Å²) in [6, 6.07) is 6.17. The first-order chi connectivity index (χ1) is 7.65. The van der Waals surface area contributed by atoms with Gasteiger partial charge < -0.3 is 4.74 Å². The summed E-state index contributed by atoms with van der Waals surface area (Å²) in [5, 5.41) is 0. The molecule has 1 heterocycles. The average Bonchev–Trinajstić information content (AvgIpc) is 2.22. The first-order valence-corrected chi connectivity index (χ1v) is 5.37. The molecule has 0 saturated heterocycles. The van der Waals surface area contributed by atoms with E-state index < -0.39 is 0 Å². The number of hydrogen-bond donors (Lipinski definition) is 0. The van der Waals surface area contributed by atoms with Crippen molar-refractivity contribution in [2.75, 3.05) is 0 Å². The Morgan fingerprint density at radius 3 is 2.81 bits per heavy atom. The minimum absolute atomic E-state index is 0.243. The third-order valence-electron chi connectivity index (χ3n) is 1.87. The van der Waals surface area contributed by atoms with Crippen molar-refractivity contribution < 1.29 is 9.13 Å². The largest absolute Gasteiger partial charge is 0.423 e. The van der Waals surface area contributed by atoms with E-state index in [9.17, 15) is 4.39 Å². The molecule has 0 fully saturated rings. The van der Waals surface area contributed by atoms with Crippen LogP contribution in [-0.2, 0) is 0 Å². The zero-order valence-electron chi connectivity index (χ0n) is 8.45. The van der Waals surface area contributed by atoms with Gasteiger partial charge in [-0.3, -0.25) is 0 Å². The summed E-state index contributed by atoms with van der Waals surface area (Å²) in [7, 11) is 0. The van der Waals surface area contributed by atoms with Gasteiger partial charge >= 0.3 is 6.01 Å². The van der Waals surface area contributed by atoms with E-state index in [1.807, 2.05) is 6.92 Å². The van der Waals surface area contributed by atoms with Gasteiger partial charge in [-0.15, -0.1) is 0 Å². The number of ether oxygens (including phenoxy) is 1. The van der Waals surface area contributed by atoms with E-state index in [4.69, 9.17) is 4.74 Å². The second-order valence-corrected chi connectivity index (χ2v) is 4.01. The molecule has 2 rings (SSSR count). The standard InChI is InChI=1S/C11H8BrFN2O/c1-7-4-5-14-11(15-7)16-10-3-2-8(13)6-9(10)12/h2-6H,1H3. The zero-order valence-corrected chi connectivity index (χ0v) is 10.0. The predicted molar refractivity (Wildman–Crippen MR) is 60.9 cm³/mol. The summed E-state index contributed by atoms with van der Waals surface area (Å²) >= 11 is 3.20. The van der Waals surface area contributed by atoms with Gasteiger partial charge in [0.15, 0.2) is 0 Å². The van der Waals surface area contributed by atoms with Crippen LogP contribution in [0.4, 0.5) is 4.39 Å². The maximum absolute atomic E-state index is 12.8. The van der Waals surface area contributed by atoms with Crippen LogP contribution in [0, 0.1) is 12.7 Å². The van der Waals surface area contributed by atoms with Crippen LogP contribution in [0.5, 0.6) is 11.8 Å². The molecule has 1 aromatic carbocycles. The first-order valence-electron chi connectivity index (χ1n) is 4.58. The summed E-state index contributed by atoms with van der Waals surface area (Å²) in [4.78, 5) is 8.03. The highest BCUT2D eigenvalue weighted by atomic mass is 79.9. The molecule has 2 aromatic rings. The van der Waals surface area contributed by atoms with Gasteiger partial charge in [0, 0.05) is 11.9 Å². The summed E-state index contributed by atoms with van der Waals surface area (Å²) < 4.78 is 18.8. The Labute approximate surface area is 100 Å². The maximum atomic E-state index is 12.8. The fourth-order valence-electron chi connectivity index (χ4n) is 1.13. The van der Waals surface area contributed by atoms with E-state index in [-0.39, 0.29) is 11.8 Å². The van der Waals surface area contributed by atoms with E-state index in [0.717, 1.165) is 5.69 Å². The number of hydrogen-bond acceptors (Lipinski definition) is 3. The molecule has 16 heavy (non-hydrogen) atoms. The topological polar surface area (TPSA) is 35.0 Å². The number of aromatic nitrogens is 2. The summed E-state index contributed by atoms with van der Waals surface area (Å²) in [5.74, 6) is 0.149. The van der Waals surface area contributed by atoms with E-state index in [0.29, 0.717) is 10.2 Å². The predicted octanol–water partition coefficient (Wildman–Crippen LogP) is 3.48. The number of halogens is 2. The molecule has 3 nitrogen and oxygen atoms in total. The molecule has 0 radical (unpaired) electrons. The Kier molecular flexibility index (Phi) is 3.14. The normalized spacial score (nSPS) is 10.2. The van der Waals surface area contributed by atoms with Crippen LogP contribution < -0.4 is 4.74 Å². The summed E-state index contributed by atoms with van der Waals surface area (Å²) in [5.41, 5.74) is 0.809. The average molecular weight is 283 g/mol. The molecular weight excluding hydrogens is 275 g/mol. The van der Waals surface area contributed by atoms with Gasteiger partial charge in [-0.05, 0) is 47.1 Å². The molecule has 1 aromatic heterocycles. The Morgan fingerprint density at radius 2 is 2.12 bits per heavy atom. The van der Waals surface area contributed by atoms with Gasteiger partial charge in [0.1, 0.15) is 11.6 Å². The second kappa shape index (κ2) is 4.57. The molecule has 0 atom stereocenters. The fourth-order valence-corrected chi connectivity index (χ4v) is 1.56. The number of benzene rings is 1. The monoisotopic (exact) mass is 282 g/mol. The molecule has 0 unspecified atom stereocenters. The number of nitrogens with zero attached hydrogens (tertiary/aromatic N) is 2. The van der Waals surface area contributed by atoms with Crippen molar-refractivity contribution in [2.45, 2.75) is 6.92 Å². The Balaban J connectivity index is 2.27. The van der Waals surface area contributed by atoms with E-state index in [1.165, 1.54) is 18.2 Å². The highest BCUT2D eigenvalue weighted by Crippen LogP contribution is 2.28. The molecule has 0 spiro atoms. The molecular formula is C11H8BrFN2O. The van der Waals surface area contributed by atoms with Crippen LogP contribution in [0.1, 0.15) is 5.69 Å². The van der Waals surface area contributed by atoms with Crippen LogP contribution in [0.25, 0.3) is 0 Å². The molecule has 0 bridgehead atoms. The van der Waals surface area contributed by atoms with Gasteiger partial charge in [0.25, 0.3) is 0 Å². The second-order valence-electron chi connectivity index (χ2n) is 3.16. The lowest BCUT2D eigenvalue weighted by Gasteiger charge is -2.05. The maximum Gasteiger partial charge on any atom is 0.322 e. The van der Waals surface area contributed by atoms with Gasteiger partial charge in [-0.1, -0.05) is 0 Å². The van der Waals surface area contributed by atoms with Crippen LogP contribution >= 0.6 is 15.9 Å². The Hall–Kier alpha value is -1.49. The minimum atomic E-state index is -0.329. The van der Waals surface area contributed by atoms with Crippen molar-refractivity contribution in [2.24, 2.45) is 0 Å². The van der Waals surface area contributed by atoms with Crippen molar-refractivity contribution in [3.8, 4) is 11.8 Å². The van der Waals surface area contributed by atoms with E-state index in [2.05, 4.69) is 25.9 Å². The third kappa shape index (κ3) is 2.55. The minimum Gasteiger partial charge on any atom is -0.423 e. The molecule has 0 amide bonds. The van der Waals surface area contributed by atoms with Crippen molar-refractivity contribution in [3.05, 3.63) is 46.4 Å².